The van der Waals surface area contributed by atoms with Gasteiger partial charge in [0.15, 0.2) is 0 Å². The van der Waals surface area contributed by atoms with E-state index in [1.165, 1.54) is 0 Å². The maximum absolute atomic E-state index is 12.3. The van der Waals surface area contributed by atoms with Gasteiger partial charge >= 0.3 is 0 Å². The molecule has 1 fully saturated rings. The lowest BCUT2D eigenvalue weighted by atomic mass is 10.2. The van der Waals surface area contributed by atoms with E-state index < -0.39 is 0 Å². The molecule has 0 aliphatic carbocycles. The van der Waals surface area contributed by atoms with E-state index in [9.17, 15) is 9.59 Å². The summed E-state index contributed by atoms with van der Waals surface area (Å²) in [6.45, 7) is 3.05. The summed E-state index contributed by atoms with van der Waals surface area (Å²) in [4.78, 5) is 36.7. The molecule has 8 nitrogen and oxygen atoms in total. The number of amides is 2. The topological polar surface area (TPSA) is 83.4 Å². The molecule has 1 aliphatic heterocycles. The highest BCUT2D eigenvalue weighted by atomic mass is 16.2. The molecule has 2 amide bonds. The van der Waals surface area contributed by atoms with Crippen LogP contribution >= 0.6 is 0 Å². The lowest BCUT2D eigenvalue weighted by Crippen LogP contribution is -2.49. The first-order valence-corrected chi connectivity index (χ1v) is 8.34. The van der Waals surface area contributed by atoms with Gasteiger partial charge < -0.3 is 19.7 Å². The Morgan fingerprint density at radius 3 is 2.48 bits per heavy atom. The number of hydrogen-bond acceptors (Lipinski definition) is 5. The highest BCUT2D eigenvalue weighted by Gasteiger charge is 2.22. The van der Waals surface area contributed by atoms with E-state index in [2.05, 4.69) is 20.2 Å². The lowest BCUT2D eigenvalue weighted by molar-refractivity contribution is -0.131. The average molecular weight is 342 g/mol. The third kappa shape index (κ3) is 4.14. The minimum Gasteiger partial charge on any atom is -0.350 e. The van der Waals surface area contributed by atoms with Gasteiger partial charge in [-0.2, -0.15) is 0 Å². The van der Waals surface area contributed by atoms with Crippen molar-refractivity contribution in [2.24, 2.45) is 7.05 Å². The number of piperazine rings is 1. The molecule has 0 aromatic carbocycles. The summed E-state index contributed by atoms with van der Waals surface area (Å²) in [5.41, 5.74) is 0.587. The second-order valence-corrected chi connectivity index (χ2v) is 5.93. The molecule has 0 unspecified atom stereocenters. The van der Waals surface area contributed by atoms with Crippen molar-refractivity contribution in [1.82, 2.24) is 24.8 Å². The molecule has 132 valence electrons. The van der Waals surface area contributed by atoms with Crippen LogP contribution in [-0.4, -0.2) is 64.0 Å². The van der Waals surface area contributed by atoms with Gasteiger partial charge in [0, 0.05) is 64.8 Å². The number of aryl methyl sites for hydroxylation is 1. The third-order valence-corrected chi connectivity index (χ3v) is 4.27. The number of carbonyl (C=O) groups excluding carboxylic acids is 2. The molecule has 25 heavy (non-hydrogen) atoms. The van der Waals surface area contributed by atoms with Crippen LogP contribution < -0.4 is 10.2 Å². The summed E-state index contributed by atoms with van der Waals surface area (Å²) >= 11 is 0. The number of anilines is 1. The Kier molecular flexibility index (Phi) is 5.27. The molecule has 0 saturated carbocycles. The summed E-state index contributed by atoms with van der Waals surface area (Å²) in [6.07, 6.45) is 5.55. The first-order chi connectivity index (χ1) is 12.1. The highest BCUT2D eigenvalue weighted by Crippen LogP contribution is 2.10. The van der Waals surface area contributed by atoms with Gasteiger partial charge in [0.2, 0.25) is 11.9 Å². The van der Waals surface area contributed by atoms with Crippen molar-refractivity contribution < 1.29 is 9.59 Å². The summed E-state index contributed by atoms with van der Waals surface area (Å²) in [5.74, 6) is 0.594. The summed E-state index contributed by atoms with van der Waals surface area (Å²) in [7, 11) is 1.82. The molecule has 1 saturated heterocycles. The Morgan fingerprint density at radius 1 is 1.12 bits per heavy atom. The molecule has 0 spiro atoms. The first kappa shape index (κ1) is 16.9. The number of hydrogen-bond donors (Lipinski definition) is 1. The Balaban J connectivity index is 1.41. The predicted molar refractivity (Wildman–Crippen MR) is 93.2 cm³/mol. The van der Waals surface area contributed by atoms with Crippen LogP contribution in [0.1, 0.15) is 16.9 Å². The zero-order chi connectivity index (χ0) is 17.6. The Labute approximate surface area is 146 Å². The molecule has 8 heteroatoms. The van der Waals surface area contributed by atoms with Crippen molar-refractivity contribution in [3.8, 4) is 0 Å². The van der Waals surface area contributed by atoms with E-state index in [1.807, 2.05) is 24.2 Å². The van der Waals surface area contributed by atoms with Crippen molar-refractivity contribution >= 4 is 17.8 Å². The molecule has 1 aliphatic rings. The molecule has 0 bridgehead atoms. The molecule has 0 atom stereocenters. The molecule has 3 heterocycles. The van der Waals surface area contributed by atoms with Gasteiger partial charge in [-0.05, 0) is 18.2 Å². The van der Waals surface area contributed by atoms with Crippen LogP contribution in [0.15, 0.2) is 36.8 Å². The van der Waals surface area contributed by atoms with Crippen molar-refractivity contribution in [3.63, 3.8) is 0 Å². The normalized spacial score (nSPS) is 14.4. The van der Waals surface area contributed by atoms with Crippen LogP contribution in [0.25, 0.3) is 0 Å². The van der Waals surface area contributed by atoms with Crippen LogP contribution in [0.4, 0.5) is 5.95 Å². The zero-order valence-corrected chi connectivity index (χ0v) is 14.3. The SMILES string of the molecule is Cn1cccc1C(=O)NCCC(=O)N1CCN(c2ncccn2)CC1. The van der Waals surface area contributed by atoms with Crippen molar-refractivity contribution in [3.05, 3.63) is 42.5 Å². The molecular weight excluding hydrogens is 320 g/mol. The number of aromatic nitrogens is 3. The van der Waals surface area contributed by atoms with Gasteiger partial charge in [0.1, 0.15) is 5.69 Å². The number of nitrogens with zero attached hydrogens (tertiary/aromatic N) is 5. The van der Waals surface area contributed by atoms with Crippen LogP contribution in [0, 0.1) is 0 Å². The van der Waals surface area contributed by atoms with Crippen molar-refractivity contribution in [1.29, 1.82) is 0 Å². The average Bonchev–Trinajstić information content (AvgIpc) is 3.08. The van der Waals surface area contributed by atoms with Crippen LogP contribution in [-0.2, 0) is 11.8 Å². The fourth-order valence-corrected chi connectivity index (χ4v) is 2.84. The third-order valence-electron chi connectivity index (χ3n) is 4.27. The largest absolute Gasteiger partial charge is 0.350 e. The van der Waals surface area contributed by atoms with Crippen LogP contribution in [0.5, 0.6) is 0 Å². The Bertz CT molecular complexity index is 722. The van der Waals surface area contributed by atoms with Gasteiger partial charge in [-0.25, -0.2) is 9.97 Å². The minimum atomic E-state index is -0.161. The van der Waals surface area contributed by atoms with Gasteiger partial charge in [0.05, 0.1) is 0 Å². The summed E-state index contributed by atoms with van der Waals surface area (Å²) in [5, 5.41) is 2.79. The summed E-state index contributed by atoms with van der Waals surface area (Å²) in [6, 6.07) is 5.35. The Hall–Kier alpha value is -2.90. The number of nitrogens with one attached hydrogen (secondary N) is 1. The molecule has 2 aromatic rings. The number of carbonyl (C=O) groups is 2. The fraction of sp³-hybridized carbons (Fsp3) is 0.412. The molecule has 0 radical (unpaired) electrons. The van der Waals surface area contributed by atoms with Crippen molar-refractivity contribution in [2.75, 3.05) is 37.6 Å². The molecule has 3 rings (SSSR count). The maximum atomic E-state index is 12.3. The highest BCUT2D eigenvalue weighted by molar-refractivity contribution is 5.93. The maximum Gasteiger partial charge on any atom is 0.267 e. The monoisotopic (exact) mass is 342 g/mol. The molecule has 1 N–H and O–H groups in total. The summed E-state index contributed by atoms with van der Waals surface area (Å²) < 4.78 is 1.75. The lowest BCUT2D eigenvalue weighted by Gasteiger charge is -2.34. The zero-order valence-electron chi connectivity index (χ0n) is 14.3. The molecular formula is C17H22N6O2. The van der Waals surface area contributed by atoms with Gasteiger partial charge in [0.25, 0.3) is 5.91 Å². The quantitative estimate of drug-likeness (QED) is 0.844. The standard InChI is InChI=1S/C17H22N6O2/c1-21-9-2-4-14(21)16(25)18-8-5-15(24)22-10-12-23(13-11-22)17-19-6-3-7-20-17/h2-4,6-7,9H,5,8,10-13H2,1H3,(H,18,25). The fourth-order valence-electron chi connectivity index (χ4n) is 2.84. The Morgan fingerprint density at radius 2 is 1.84 bits per heavy atom. The second kappa shape index (κ2) is 7.78. The van der Waals surface area contributed by atoms with Gasteiger partial charge in [-0.15, -0.1) is 0 Å². The van der Waals surface area contributed by atoms with E-state index in [0.29, 0.717) is 50.8 Å². The second-order valence-electron chi connectivity index (χ2n) is 5.93. The first-order valence-electron chi connectivity index (χ1n) is 8.34. The van der Waals surface area contributed by atoms with Crippen molar-refractivity contribution in [2.45, 2.75) is 6.42 Å². The van der Waals surface area contributed by atoms with E-state index in [-0.39, 0.29) is 11.8 Å². The molecule has 2 aromatic heterocycles. The minimum absolute atomic E-state index is 0.0563. The smallest absolute Gasteiger partial charge is 0.267 e. The predicted octanol–water partition coefficient (Wildman–Crippen LogP) is 0.284. The van der Waals surface area contributed by atoms with E-state index >= 15 is 0 Å². The van der Waals surface area contributed by atoms with Gasteiger partial charge in [-0.3, -0.25) is 9.59 Å². The number of rotatable bonds is 5. The van der Waals surface area contributed by atoms with Crippen LogP contribution in [0.2, 0.25) is 0 Å². The van der Waals surface area contributed by atoms with E-state index in [4.69, 9.17) is 0 Å². The van der Waals surface area contributed by atoms with E-state index in [0.717, 1.165) is 0 Å². The van der Waals surface area contributed by atoms with E-state index in [1.54, 1.807) is 29.1 Å². The van der Waals surface area contributed by atoms with Crippen LogP contribution in [0.3, 0.4) is 0 Å². The van der Waals surface area contributed by atoms with Gasteiger partial charge in [-0.1, -0.05) is 0 Å².